The molecule has 60 heavy (non-hydrogen) atoms. The zero-order chi connectivity index (χ0) is 42.1. The molecule has 4 heteroatoms. The van der Waals surface area contributed by atoms with Gasteiger partial charge in [-0.15, -0.1) is 0 Å². The van der Waals surface area contributed by atoms with E-state index in [1.807, 2.05) is 6.07 Å². The van der Waals surface area contributed by atoms with Gasteiger partial charge in [0.2, 0.25) is 0 Å². The van der Waals surface area contributed by atoms with Gasteiger partial charge >= 0.3 is 5.97 Å². The van der Waals surface area contributed by atoms with Crippen molar-refractivity contribution in [1.29, 1.82) is 0 Å². The minimum absolute atomic E-state index is 0.0305. The smallest absolute Gasteiger partial charge is 0.306 e. The van der Waals surface area contributed by atoms with Gasteiger partial charge in [0.25, 0.3) is 0 Å². The number of allylic oxidation sites excluding steroid dienone is 1. The number of carbonyl (C=O) groups is 1. The number of rotatable bonds is 20. The fraction of sp³-hybridized carbons (Fsp3) is 0.625. The lowest BCUT2D eigenvalue weighted by Gasteiger charge is -2.58. The van der Waals surface area contributed by atoms with Gasteiger partial charge in [0.15, 0.2) is 0 Å². The van der Waals surface area contributed by atoms with Gasteiger partial charge in [0.05, 0.1) is 13.2 Å². The second-order valence-corrected chi connectivity index (χ2v) is 20.5. The Morgan fingerprint density at radius 2 is 1.40 bits per heavy atom. The van der Waals surface area contributed by atoms with Gasteiger partial charge < -0.3 is 14.2 Å². The molecule has 7 rings (SSSR count). The quantitative estimate of drug-likeness (QED) is 0.0647. The monoisotopic (exact) mass is 815 g/mol. The largest absolute Gasteiger partial charge is 0.494 e. The molecule has 3 aromatic rings. The molecule has 4 nitrogen and oxygen atoms in total. The summed E-state index contributed by atoms with van der Waals surface area (Å²) in [6, 6.07) is 25.5. The van der Waals surface area contributed by atoms with Gasteiger partial charge in [0, 0.05) is 12.8 Å². The number of benzene rings is 3. The molecule has 8 atom stereocenters. The number of fused-ring (bicyclic) bond motifs is 5. The number of unbranched alkanes of at least 4 members (excludes halogenated alkanes) is 4. The van der Waals surface area contributed by atoms with Crippen LogP contribution in [0.4, 0.5) is 0 Å². The minimum atomic E-state index is -0.0432. The Balaban J connectivity index is 0.822. The maximum atomic E-state index is 13.1. The number of hydrogen-bond acceptors (Lipinski definition) is 4. The van der Waals surface area contributed by atoms with E-state index in [1.165, 1.54) is 81.8 Å². The van der Waals surface area contributed by atoms with E-state index in [9.17, 15) is 4.79 Å². The lowest BCUT2D eigenvalue weighted by atomic mass is 9.47. The molecule has 0 spiro atoms. The molecular formula is C56H78O4. The van der Waals surface area contributed by atoms with Crippen LogP contribution in [0.5, 0.6) is 11.5 Å². The molecule has 4 aliphatic rings. The summed E-state index contributed by atoms with van der Waals surface area (Å²) in [5.41, 5.74) is 7.06. The third-order valence-corrected chi connectivity index (χ3v) is 16.1. The van der Waals surface area contributed by atoms with Crippen LogP contribution in [0.15, 0.2) is 84.4 Å². The van der Waals surface area contributed by atoms with Gasteiger partial charge in [-0.2, -0.15) is 0 Å². The Morgan fingerprint density at radius 1 is 0.700 bits per heavy atom. The van der Waals surface area contributed by atoms with Gasteiger partial charge in [-0.05, 0) is 157 Å². The molecule has 0 radical (unpaired) electrons. The molecule has 326 valence electrons. The normalized spacial score (nSPS) is 27.6. The Kier molecular flexibility index (Phi) is 15.3. The molecule has 0 unspecified atom stereocenters. The maximum Gasteiger partial charge on any atom is 0.306 e. The van der Waals surface area contributed by atoms with Crippen molar-refractivity contribution in [3.05, 3.63) is 84.4 Å². The molecular weight excluding hydrogens is 737 g/mol. The number of hydrogen-bond donors (Lipinski definition) is 0. The van der Waals surface area contributed by atoms with Crippen LogP contribution in [0.2, 0.25) is 0 Å². The Labute approximate surface area is 364 Å². The highest BCUT2D eigenvalue weighted by atomic mass is 16.5. The number of carbonyl (C=O) groups excluding carboxylic acids is 1. The fourth-order valence-corrected chi connectivity index (χ4v) is 12.6. The van der Waals surface area contributed by atoms with E-state index in [2.05, 4.69) is 114 Å². The summed E-state index contributed by atoms with van der Waals surface area (Å²) >= 11 is 0. The molecule has 0 aromatic heterocycles. The highest BCUT2D eigenvalue weighted by molar-refractivity contribution is 5.71. The van der Waals surface area contributed by atoms with E-state index in [1.54, 1.807) is 5.57 Å². The predicted octanol–water partition coefficient (Wildman–Crippen LogP) is 15.5. The van der Waals surface area contributed by atoms with Crippen molar-refractivity contribution in [2.45, 2.75) is 163 Å². The minimum Gasteiger partial charge on any atom is -0.494 e. The van der Waals surface area contributed by atoms with Crippen LogP contribution in [0.1, 0.15) is 157 Å². The van der Waals surface area contributed by atoms with Crippen LogP contribution >= 0.6 is 0 Å². The van der Waals surface area contributed by atoms with Crippen molar-refractivity contribution in [2.24, 2.45) is 46.3 Å². The lowest BCUT2D eigenvalue weighted by Crippen LogP contribution is -2.51. The van der Waals surface area contributed by atoms with E-state index in [0.717, 1.165) is 103 Å². The molecule has 0 aliphatic heterocycles. The van der Waals surface area contributed by atoms with Gasteiger partial charge in [-0.1, -0.05) is 140 Å². The van der Waals surface area contributed by atoms with Crippen LogP contribution in [-0.2, 0) is 9.53 Å². The summed E-state index contributed by atoms with van der Waals surface area (Å²) in [7, 11) is 0. The first-order valence-corrected chi connectivity index (χ1v) is 24.5. The zero-order valence-electron chi connectivity index (χ0n) is 38.3. The second-order valence-electron chi connectivity index (χ2n) is 20.5. The van der Waals surface area contributed by atoms with Crippen molar-refractivity contribution < 1.29 is 19.0 Å². The van der Waals surface area contributed by atoms with Crippen LogP contribution in [0.3, 0.4) is 0 Å². The molecule has 0 amide bonds. The number of esters is 1. The average molecular weight is 815 g/mol. The van der Waals surface area contributed by atoms with Crippen LogP contribution in [0, 0.1) is 46.3 Å². The summed E-state index contributed by atoms with van der Waals surface area (Å²) < 4.78 is 18.3. The Hall–Kier alpha value is -3.53. The van der Waals surface area contributed by atoms with Crippen molar-refractivity contribution in [3.8, 4) is 33.8 Å². The fourth-order valence-electron chi connectivity index (χ4n) is 12.6. The highest BCUT2D eigenvalue weighted by Gasteiger charge is 2.59. The summed E-state index contributed by atoms with van der Waals surface area (Å²) in [5.74, 6) is 6.83. The topological polar surface area (TPSA) is 44.8 Å². The van der Waals surface area contributed by atoms with Crippen molar-refractivity contribution in [2.75, 3.05) is 13.2 Å². The predicted molar refractivity (Wildman–Crippen MR) is 249 cm³/mol. The molecule has 3 fully saturated rings. The van der Waals surface area contributed by atoms with Crippen LogP contribution in [-0.4, -0.2) is 25.3 Å². The standard InChI is InChI=1S/C56H78O4/c1-7-8-9-11-36-58-47-27-24-43(25-28-47)42-20-22-44(23-21-42)45-17-14-18-48(38-45)59-37-12-10-19-54(57)60-49-32-34-55(5)46(39-49)26-29-50-52-31-30-51(41(4)16-13-15-40(2)3)56(52,6)35-33-53(50)55/h14,17-18,20-28,38,40-41,49-53H,7-13,15-16,19,29-37,39H2,1-6H3/t41-,49+,50+,51-,52+,53+,55+,56-/m1/s1. The summed E-state index contributed by atoms with van der Waals surface area (Å²) in [6.45, 7) is 16.2. The molecule has 3 aromatic carbocycles. The van der Waals surface area contributed by atoms with Crippen molar-refractivity contribution in [1.82, 2.24) is 0 Å². The van der Waals surface area contributed by atoms with Gasteiger partial charge in [0.1, 0.15) is 17.6 Å². The first-order valence-electron chi connectivity index (χ1n) is 24.5. The molecule has 0 saturated heterocycles. The highest BCUT2D eigenvalue weighted by Crippen LogP contribution is 2.67. The summed E-state index contributed by atoms with van der Waals surface area (Å²) in [4.78, 5) is 13.1. The summed E-state index contributed by atoms with van der Waals surface area (Å²) in [5, 5.41) is 0. The maximum absolute atomic E-state index is 13.1. The van der Waals surface area contributed by atoms with Crippen molar-refractivity contribution >= 4 is 5.97 Å². The van der Waals surface area contributed by atoms with E-state index in [4.69, 9.17) is 14.2 Å². The van der Waals surface area contributed by atoms with Crippen LogP contribution in [0.25, 0.3) is 22.3 Å². The van der Waals surface area contributed by atoms with Crippen molar-refractivity contribution in [3.63, 3.8) is 0 Å². The molecule has 0 N–H and O–H groups in total. The Bertz CT molecular complexity index is 1840. The lowest BCUT2D eigenvalue weighted by molar-refractivity contribution is -0.151. The first-order chi connectivity index (χ1) is 29.1. The third-order valence-electron chi connectivity index (χ3n) is 16.1. The van der Waals surface area contributed by atoms with Gasteiger partial charge in [-0.25, -0.2) is 0 Å². The third kappa shape index (κ3) is 10.6. The first kappa shape index (κ1) is 44.5. The average Bonchev–Trinajstić information content (AvgIpc) is 3.61. The zero-order valence-corrected chi connectivity index (χ0v) is 38.3. The SMILES string of the molecule is CCCCCCOc1ccc(-c2ccc(-c3cccc(OCCCCC(=O)O[C@H]4CC[C@@]5(C)C(=CC[C@H]6[C@@H]7CC[C@H]([C@H](C)CCCC(C)C)[C@@]7(C)CC[C@@H]65)C4)c3)cc2)cc1. The molecule has 0 heterocycles. The molecule has 3 saturated carbocycles. The van der Waals surface area contributed by atoms with E-state index >= 15 is 0 Å². The van der Waals surface area contributed by atoms with E-state index < -0.39 is 0 Å². The molecule has 0 bridgehead atoms. The number of ether oxygens (including phenoxy) is 3. The van der Waals surface area contributed by atoms with E-state index in [-0.39, 0.29) is 17.5 Å². The van der Waals surface area contributed by atoms with Crippen LogP contribution < -0.4 is 9.47 Å². The van der Waals surface area contributed by atoms with Gasteiger partial charge in [-0.3, -0.25) is 4.79 Å². The molecule has 4 aliphatic carbocycles. The summed E-state index contributed by atoms with van der Waals surface area (Å²) in [6.07, 6.45) is 23.8. The second kappa shape index (κ2) is 20.6. The Morgan fingerprint density at radius 3 is 2.13 bits per heavy atom. The van der Waals surface area contributed by atoms with E-state index in [0.29, 0.717) is 18.4 Å².